The molecule has 2 fully saturated rings. The first-order chi connectivity index (χ1) is 15.2. The molecule has 31 heavy (non-hydrogen) atoms. The molecule has 0 aliphatic carbocycles. The molecule has 2 aliphatic rings. The Morgan fingerprint density at radius 3 is 2.68 bits per heavy atom. The molecule has 0 unspecified atom stereocenters. The predicted octanol–water partition coefficient (Wildman–Crippen LogP) is 2.50. The van der Waals surface area contributed by atoms with Crippen molar-refractivity contribution in [3.05, 3.63) is 60.2 Å². The van der Waals surface area contributed by atoms with Crippen LogP contribution in [0.25, 0.3) is 0 Å². The fraction of sp³-hybridized carbons (Fsp3) is 0.500. The zero-order chi connectivity index (χ0) is 21.5. The Morgan fingerprint density at radius 2 is 1.87 bits per heavy atom. The molecule has 4 heterocycles. The van der Waals surface area contributed by atoms with Crippen molar-refractivity contribution >= 4 is 11.8 Å². The van der Waals surface area contributed by atoms with Gasteiger partial charge in [-0.05, 0) is 55.6 Å². The van der Waals surface area contributed by atoms with Gasteiger partial charge >= 0.3 is 0 Å². The van der Waals surface area contributed by atoms with Crippen molar-refractivity contribution in [3.63, 3.8) is 0 Å². The van der Waals surface area contributed by atoms with Gasteiger partial charge in [0, 0.05) is 57.0 Å². The molecule has 0 radical (unpaired) electrons. The van der Waals surface area contributed by atoms with Crippen LogP contribution in [0.2, 0.25) is 0 Å². The number of carbonyl (C=O) groups excluding carboxylic acids is 2. The summed E-state index contributed by atoms with van der Waals surface area (Å²) >= 11 is 0. The van der Waals surface area contributed by atoms with Crippen LogP contribution in [0.15, 0.2) is 49.1 Å². The normalized spacial score (nSPS) is 23.4. The van der Waals surface area contributed by atoms with Crippen LogP contribution in [0.1, 0.15) is 48.0 Å². The summed E-state index contributed by atoms with van der Waals surface area (Å²) in [4.78, 5) is 38.7. The molecule has 2 atom stereocenters. The molecule has 164 valence electrons. The SMILES string of the molecule is O=C1NCCCCCCN(Cc2ccncc2)[C@@H]2CN(C(=O)c3cccnc3)CC[C@@H]12. The van der Waals surface area contributed by atoms with E-state index in [2.05, 4.69) is 20.2 Å². The van der Waals surface area contributed by atoms with Gasteiger partial charge in [-0.3, -0.25) is 24.5 Å². The van der Waals surface area contributed by atoms with Gasteiger partial charge in [0.2, 0.25) is 5.91 Å². The van der Waals surface area contributed by atoms with Crippen molar-refractivity contribution in [1.29, 1.82) is 0 Å². The van der Waals surface area contributed by atoms with E-state index in [-0.39, 0.29) is 23.8 Å². The van der Waals surface area contributed by atoms with E-state index in [1.54, 1.807) is 24.5 Å². The van der Waals surface area contributed by atoms with Gasteiger partial charge in [0.1, 0.15) is 0 Å². The van der Waals surface area contributed by atoms with Gasteiger partial charge < -0.3 is 10.2 Å². The van der Waals surface area contributed by atoms with Crippen molar-refractivity contribution in [2.45, 2.75) is 44.7 Å². The molecule has 2 aromatic heterocycles. The second-order valence-corrected chi connectivity index (χ2v) is 8.49. The molecule has 2 aromatic rings. The number of fused-ring (bicyclic) bond motifs is 1. The lowest BCUT2D eigenvalue weighted by molar-refractivity contribution is -0.129. The van der Waals surface area contributed by atoms with Gasteiger partial charge in [-0.1, -0.05) is 12.8 Å². The van der Waals surface area contributed by atoms with Crippen LogP contribution >= 0.6 is 0 Å². The molecular weight excluding hydrogens is 390 g/mol. The lowest BCUT2D eigenvalue weighted by atomic mass is 9.88. The molecule has 0 aromatic carbocycles. The van der Waals surface area contributed by atoms with Crippen molar-refractivity contribution < 1.29 is 9.59 Å². The van der Waals surface area contributed by atoms with Crippen molar-refractivity contribution in [2.75, 3.05) is 26.2 Å². The quantitative estimate of drug-likeness (QED) is 0.824. The smallest absolute Gasteiger partial charge is 0.255 e. The Balaban J connectivity index is 1.59. The summed E-state index contributed by atoms with van der Waals surface area (Å²) < 4.78 is 0. The number of likely N-dealkylation sites (tertiary alicyclic amines) is 1. The second-order valence-electron chi connectivity index (χ2n) is 8.49. The van der Waals surface area contributed by atoms with E-state index in [0.717, 1.165) is 45.3 Å². The van der Waals surface area contributed by atoms with E-state index in [1.807, 2.05) is 29.4 Å². The molecule has 0 spiro atoms. The summed E-state index contributed by atoms with van der Waals surface area (Å²) in [6, 6.07) is 7.64. The van der Waals surface area contributed by atoms with Gasteiger partial charge in [0.15, 0.2) is 0 Å². The van der Waals surface area contributed by atoms with Gasteiger partial charge in [0.05, 0.1) is 11.5 Å². The summed E-state index contributed by atoms with van der Waals surface area (Å²) in [5, 5.41) is 3.15. The van der Waals surface area contributed by atoms with Crippen LogP contribution in [-0.2, 0) is 11.3 Å². The molecule has 0 bridgehead atoms. The Labute approximate surface area is 183 Å². The topological polar surface area (TPSA) is 78.4 Å². The highest BCUT2D eigenvalue weighted by atomic mass is 16.2. The van der Waals surface area contributed by atoms with Crippen LogP contribution < -0.4 is 5.32 Å². The fourth-order valence-electron chi connectivity index (χ4n) is 4.68. The van der Waals surface area contributed by atoms with Crippen molar-refractivity contribution in [2.24, 2.45) is 5.92 Å². The third kappa shape index (κ3) is 5.47. The molecular formula is C24H31N5O2. The summed E-state index contributed by atoms with van der Waals surface area (Å²) in [6.45, 7) is 3.56. The number of piperidine rings is 1. The first kappa shape index (κ1) is 21.4. The highest BCUT2D eigenvalue weighted by Gasteiger charge is 2.39. The molecule has 2 saturated heterocycles. The minimum atomic E-state index is -0.113. The van der Waals surface area contributed by atoms with Crippen LogP contribution in [-0.4, -0.2) is 63.8 Å². The van der Waals surface area contributed by atoms with E-state index in [1.165, 1.54) is 5.56 Å². The molecule has 0 saturated carbocycles. The third-order valence-electron chi connectivity index (χ3n) is 6.39. The van der Waals surface area contributed by atoms with Crippen LogP contribution in [0.5, 0.6) is 0 Å². The Hall–Kier alpha value is -2.80. The van der Waals surface area contributed by atoms with E-state index in [9.17, 15) is 9.59 Å². The number of rotatable bonds is 3. The van der Waals surface area contributed by atoms with E-state index < -0.39 is 0 Å². The highest BCUT2D eigenvalue weighted by Crippen LogP contribution is 2.27. The number of hydrogen-bond donors (Lipinski definition) is 1. The monoisotopic (exact) mass is 421 g/mol. The number of nitrogens with one attached hydrogen (secondary N) is 1. The van der Waals surface area contributed by atoms with Gasteiger partial charge in [-0.2, -0.15) is 0 Å². The average molecular weight is 422 g/mol. The van der Waals surface area contributed by atoms with Crippen LogP contribution in [0.3, 0.4) is 0 Å². The lowest BCUT2D eigenvalue weighted by Crippen LogP contribution is -2.57. The maximum atomic E-state index is 13.1. The van der Waals surface area contributed by atoms with E-state index in [0.29, 0.717) is 25.1 Å². The number of aromatic nitrogens is 2. The van der Waals surface area contributed by atoms with Gasteiger partial charge in [0.25, 0.3) is 5.91 Å². The first-order valence-corrected chi connectivity index (χ1v) is 11.3. The number of hydrogen-bond acceptors (Lipinski definition) is 5. The largest absolute Gasteiger partial charge is 0.356 e. The third-order valence-corrected chi connectivity index (χ3v) is 6.39. The summed E-state index contributed by atoms with van der Waals surface area (Å²) in [7, 11) is 0. The standard InChI is InChI=1S/C24H31N5O2/c30-23-21-9-15-29(24(31)20-6-5-10-26-16-20)18-22(21)28(14-4-2-1-3-11-27-23)17-19-7-12-25-13-8-19/h5-8,10,12-13,16,21-22H,1-4,9,11,14-15,17-18H2,(H,27,30)/t21-,22-/m1/s1. The maximum absolute atomic E-state index is 13.1. The van der Waals surface area contributed by atoms with Gasteiger partial charge in [-0.25, -0.2) is 0 Å². The Bertz CT molecular complexity index is 861. The predicted molar refractivity (Wildman–Crippen MR) is 118 cm³/mol. The average Bonchev–Trinajstić information content (AvgIpc) is 2.85. The Kier molecular flexibility index (Phi) is 7.25. The highest BCUT2D eigenvalue weighted by molar-refractivity contribution is 5.94. The number of pyridine rings is 2. The summed E-state index contributed by atoms with van der Waals surface area (Å²) in [5.74, 6) is 0.00289. The molecule has 4 rings (SSSR count). The molecule has 2 aliphatic heterocycles. The summed E-state index contributed by atoms with van der Waals surface area (Å²) in [6.07, 6.45) is 12.0. The Morgan fingerprint density at radius 1 is 1.03 bits per heavy atom. The van der Waals surface area contributed by atoms with Crippen molar-refractivity contribution in [3.8, 4) is 0 Å². The number of amides is 2. The lowest BCUT2D eigenvalue weighted by Gasteiger charge is -2.43. The van der Waals surface area contributed by atoms with E-state index in [4.69, 9.17) is 0 Å². The fourth-order valence-corrected chi connectivity index (χ4v) is 4.68. The minimum absolute atomic E-state index is 0.00913. The van der Waals surface area contributed by atoms with Crippen LogP contribution in [0.4, 0.5) is 0 Å². The molecule has 7 nitrogen and oxygen atoms in total. The zero-order valence-electron chi connectivity index (χ0n) is 17.9. The molecule has 7 heteroatoms. The molecule has 2 amide bonds. The van der Waals surface area contributed by atoms with Gasteiger partial charge in [-0.15, -0.1) is 0 Å². The molecule has 1 N–H and O–H groups in total. The van der Waals surface area contributed by atoms with E-state index >= 15 is 0 Å². The van der Waals surface area contributed by atoms with Crippen molar-refractivity contribution in [1.82, 2.24) is 25.1 Å². The number of carbonyl (C=O) groups is 2. The first-order valence-electron chi connectivity index (χ1n) is 11.3. The summed E-state index contributed by atoms with van der Waals surface area (Å²) in [5.41, 5.74) is 1.78. The maximum Gasteiger partial charge on any atom is 0.255 e. The number of nitrogens with zero attached hydrogens (tertiary/aromatic N) is 4. The zero-order valence-corrected chi connectivity index (χ0v) is 17.9. The second kappa shape index (κ2) is 10.5. The minimum Gasteiger partial charge on any atom is -0.356 e. The van der Waals surface area contributed by atoms with Crippen LogP contribution in [0, 0.1) is 5.92 Å².